The number of hydrogen-bond acceptors (Lipinski definition) is 4. The van der Waals surface area contributed by atoms with Gasteiger partial charge in [0, 0.05) is 4.90 Å². The predicted octanol–water partition coefficient (Wildman–Crippen LogP) is 4.53. The summed E-state index contributed by atoms with van der Waals surface area (Å²) in [5.41, 5.74) is 1.51. The fraction of sp³-hybridized carbons (Fsp3) is 0.438. The van der Waals surface area contributed by atoms with Gasteiger partial charge in [-0.3, -0.25) is 0 Å². The lowest BCUT2D eigenvalue weighted by molar-refractivity contribution is 0.0814. The standard InChI is InChI=1S/C16H21NOS2/c1-5-13-15(16(3,4)18)20-14(17-13)10-19-12-8-6-11(2)7-9-12/h6-9,18H,5,10H2,1-4H3. The van der Waals surface area contributed by atoms with Crippen LogP contribution in [0.25, 0.3) is 0 Å². The van der Waals surface area contributed by atoms with Crippen LogP contribution in [0.2, 0.25) is 0 Å². The third kappa shape index (κ3) is 3.84. The van der Waals surface area contributed by atoms with E-state index in [0.717, 1.165) is 27.8 Å². The van der Waals surface area contributed by atoms with Crippen molar-refractivity contribution >= 4 is 23.1 Å². The SMILES string of the molecule is CCc1nc(CSc2ccc(C)cc2)sc1C(C)(C)O. The van der Waals surface area contributed by atoms with E-state index in [2.05, 4.69) is 43.1 Å². The van der Waals surface area contributed by atoms with Crippen LogP contribution in [-0.4, -0.2) is 10.1 Å². The maximum absolute atomic E-state index is 10.2. The molecule has 0 saturated carbocycles. The zero-order valence-electron chi connectivity index (χ0n) is 12.4. The fourth-order valence-electron chi connectivity index (χ4n) is 1.96. The lowest BCUT2D eigenvalue weighted by Crippen LogP contribution is -2.15. The number of thiazole rings is 1. The number of rotatable bonds is 5. The first-order valence-corrected chi connectivity index (χ1v) is 8.61. The van der Waals surface area contributed by atoms with E-state index in [1.807, 2.05) is 13.8 Å². The molecule has 0 amide bonds. The van der Waals surface area contributed by atoms with E-state index in [9.17, 15) is 5.11 Å². The zero-order chi connectivity index (χ0) is 14.8. The molecule has 0 saturated heterocycles. The number of aliphatic hydroxyl groups is 1. The Kier molecular flexibility index (Phi) is 4.89. The van der Waals surface area contributed by atoms with Crippen molar-refractivity contribution in [3.05, 3.63) is 45.4 Å². The van der Waals surface area contributed by atoms with E-state index in [4.69, 9.17) is 0 Å². The highest BCUT2D eigenvalue weighted by molar-refractivity contribution is 7.98. The van der Waals surface area contributed by atoms with E-state index in [0.29, 0.717) is 0 Å². The van der Waals surface area contributed by atoms with Gasteiger partial charge < -0.3 is 5.11 Å². The number of aryl methyl sites for hydroxylation is 2. The lowest BCUT2D eigenvalue weighted by atomic mass is 10.1. The van der Waals surface area contributed by atoms with E-state index in [1.165, 1.54) is 10.5 Å². The van der Waals surface area contributed by atoms with Crippen molar-refractivity contribution in [1.82, 2.24) is 4.98 Å². The van der Waals surface area contributed by atoms with Crippen LogP contribution in [0.4, 0.5) is 0 Å². The van der Waals surface area contributed by atoms with Gasteiger partial charge in [0.1, 0.15) is 5.01 Å². The minimum Gasteiger partial charge on any atom is -0.385 e. The summed E-state index contributed by atoms with van der Waals surface area (Å²) in [6, 6.07) is 8.55. The Balaban J connectivity index is 2.10. The summed E-state index contributed by atoms with van der Waals surface area (Å²) >= 11 is 3.42. The van der Waals surface area contributed by atoms with Gasteiger partial charge in [-0.2, -0.15) is 0 Å². The van der Waals surface area contributed by atoms with Gasteiger partial charge in [0.05, 0.1) is 21.9 Å². The second-order valence-corrected chi connectivity index (χ2v) is 7.53. The molecule has 20 heavy (non-hydrogen) atoms. The average Bonchev–Trinajstić information content (AvgIpc) is 2.81. The van der Waals surface area contributed by atoms with Gasteiger partial charge in [-0.15, -0.1) is 23.1 Å². The maximum atomic E-state index is 10.2. The molecule has 1 aromatic carbocycles. The monoisotopic (exact) mass is 307 g/mol. The molecule has 0 aliphatic heterocycles. The van der Waals surface area contributed by atoms with E-state index in [1.54, 1.807) is 23.1 Å². The molecule has 2 rings (SSSR count). The van der Waals surface area contributed by atoms with E-state index >= 15 is 0 Å². The van der Waals surface area contributed by atoms with Crippen LogP contribution < -0.4 is 0 Å². The summed E-state index contributed by atoms with van der Waals surface area (Å²) in [6.07, 6.45) is 0.866. The van der Waals surface area contributed by atoms with Crippen molar-refractivity contribution in [2.45, 2.75) is 50.4 Å². The van der Waals surface area contributed by atoms with Gasteiger partial charge in [0.25, 0.3) is 0 Å². The van der Waals surface area contributed by atoms with E-state index < -0.39 is 5.60 Å². The number of benzene rings is 1. The molecule has 1 heterocycles. The van der Waals surface area contributed by atoms with Crippen molar-refractivity contribution in [1.29, 1.82) is 0 Å². The van der Waals surface area contributed by atoms with E-state index in [-0.39, 0.29) is 0 Å². The van der Waals surface area contributed by atoms with Crippen LogP contribution in [0, 0.1) is 6.92 Å². The molecule has 0 bridgehead atoms. The Morgan fingerprint density at radius 2 is 1.90 bits per heavy atom. The molecule has 0 aliphatic carbocycles. The molecule has 2 nitrogen and oxygen atoms in total. The van der Waals surface area contributed by atoms with Gasteiger partial charge in [0.2, 0.25) is 0 Å². The summed E-state index contributed by atoms with van der Waals surface area (Å²) < 4.78 is 0. The normalized spacial score (nSPS) is 11.8. The third-order valence-corrected chi connectivity index (χ3v) is 5.63. The predicted molar refractivity (Wildman–Crippen MR) is 87.5 cm³/mol. The van der Waals surface area contributed by atoms with Crippen LogP contribution in [-0.2, 0) is 17.8 Å². The Bertz CT molecular complexity index is 567. The van der Waals surface area contributed by atoms with Crippen LogP contribution in [0.5, 0.6) is 0 Å². The van der Waals surface area contributed by atoms with Gasteiger partial charge in [-0.05, 0) is 39.3 Å². The molecule has 0 fully saturated rings. The largest absolute Gasteiger partial charge is 0.385 e. The Labute approximate surface area is 129 Å². The van der Waals surface area contributed by atoms with Crippen molar-refractivity contribution in [2.75, 3.05) is 0 Å². The summed E-state index contributed by atoms with van der Waals surface area (Å²) in [5, 5.41) is 11.3. The van der Waals surface area contributed by atoms with Crippen molar-refractivity contribution in [3.8, 4) is 0 Å². The van der Waals surface area contributed by atoms with Crippen molar-refractivity contribution in [2.24, 2.45) is 0 Å². The molecule has 4 heteroatoms. The summed E-state index contributed by atoms with van der Waals surface area (Å²) in [4.78, 5) is 6.92. The number of aromatic nitrogens is 1. The summed E-state index contributed by atoms with van der Waals surface area (Å²) in [6.45, 7) is 7.84. The molecule has 2 aromatic rings. The van der Waals surface area contributed by atoms with Crippen LogP contribution >= 0.6 is 23.1 Å². The smallest absolute Gasteiger partial charge is 0.103 e. The Hall–Kier alpha value is -0.840. The zero-order valence-corrected chi connectivity index (χ0v) is 14.1. The second kappa shape index (κ2) is 6.29. The van der Waals surface area contributed by atoms with Crippen LogP contribution in [0.1, 0.15) is 41.9 Å². The topological polar surface area (TPSA) is 33.1 Å². The Morgan fingerprint density at radius 3 is 2.40 bits per heavy atom. The van der Waals surface area contributed by atoms with Gasteiger partial charge >= 0.3 is 0 Å². The Morgan fingerprint density at radius 1 is 1.25 bits per heavy atom. The van der Waals surface area contributed by atoms with Crippen molar-refractivity contribution < 1.29 is 5.11 Å². The number of nitrogens with zero attached hydrogens (tertiary/aromatic N) is 1. The summed E-state index contributed by atoms with van der Waals surface area (Å²) in [7, 11) is 0. The quantitative estimate of drug-likeness (QED) is 0.824. The highest BCUT2D eigenvalue weighted by atomic mass is 32.2. The molecule has 0 aliphatic rings. The number of thioether (sulfide) groups is 1. The molecule has 1 N–H and O–H groups in total. The van der Waals surface area contributed by atoms with Gasteiger partial charge in [-0.25, -0.2) is 4.98 Å². The van der Waals surface area contributed by atoms with Gasteiger partial charge in [0.15, 0.2) is 0 Å². The molecule has 1 aromatic heterocycles. The third-order valence-electron chi connectivity index (χ3n) is 3.02. The highest BCUT2D eigenvalue weighted by Gasteiger charge is 2.23. The first-order valence-electron chi connectivity index (χ1n) is 6.81. The number of hydrogen-bond donors (Lipinski definition) is 1. The molecule has 0 radical (unpaired) electrons. The molecule has 0 unspecified atom stereocenters. The van der Waals surface area contributed by atoms with Crippen LogP contribution in [0.3, 0.4) is 0 Å². The summed E-state index contributed by atoms with van der Waals surface area (Å²) in [5.74, 6) is 0.858. The van der Waals surface area contributed by atoms with Crippen LogP contribution in [0.15, 0.2) is 29.2 Å². The first-order chi connectivity index (χ1) is 9.40. The molecular formula is C16H21NOS2. The molecular weight excluding hydrogens is 286 g/mol. The average molecular weight is 307 g/mol. The van der Waals surface area contributed by atoms with Crippen molar-refractivity contribution in [3.63, 3.8) is 0 Å². The fourth-order valence-corrected chi connectivity index (χ4v) is 4.00. The van der Waals surface area contributed by atoms with Gasteiger partial charge in [-0.1, -0.05) is 24.6 Å². The maximum Gasteiger partial charge on any atom is 0.103 e. The second-order valence-electron chi connectivity index (χ2n) is 5.40. The minimum atomic E-state index is -0.796. The minimum absolute atomic E-state index is 0.796. The lowest BCUT2D eigenvalue weighted by Gasteiger charge is -2.15. The molecule has 108 valence electrons. The molecule has 0 spiro atoms. The first kappa shape index (κ1) is 15.5. The molecule has 0 atom stereocenters. The highest BCUT2D eigenvalue weighted by Crippen LogP contribution is 2.33.